The van der Waals surface area contributed by atoms with Gasteiger partial charge in [0.15, 0.2) is 0 Å². The third-order valence-corrected chi connectivity index (χ3v) is 15.3. The number of rotatable bonds is 15. The molecule has 3 saturated heterocycles. The van der Waals surface area contributed by atoms with Gasteiger partial charge in [0.1, 0.15) is 45.5 Å². The van der Waals surface area contributed by atoms with Gasteiger partial charge in [-0.15, -0.1) is 0 Å². The van der Waals surface area contributed by atoms with Gasteiger partial charge >= 0.3 is 18.2 Å². The summed E-state index contributed by atoms with van der Waals surface area (Å²) < 4.78 is 26.1. The minimum absolute atomic E-state index is 0. The van der Waals surface area contributed by atoms with Gasteiger partial charge in [-0.3, -0.25) is 9.59 Å². The van der Waals surface area contributed by atoms with E-state index in [1.54, 1.807) is 110 Å². The fourth-order valence-electron chi connectivity index (χ4n) is 9.93. The van der Waals surface area contributed by atoms with Crippen molar-refractivity contribution < 1.29 is 52.8 Å². The summed E-state index contributed by atoms with van der Waals surface area (Å²) in [7, 11) is 4.89. The highest BCUT2D eigenvalue weighted by Crippen LogP contribution is 2.26. The van der Waals surface area contributed by atoms with Crippen molar-refractivity contribution in [2.24, 2.45) is 0 Å². The van der Waals surface area contributed by atoms with Gasteiger partial charge in [0, 0.05) is 132 Å². The zero-order valence-electron chi connectivity index (χ0n) is 58.4. The van der Waals surface area contributed by atoms with Crippen molar-refractivity contribution in [2.75, 3.05) is 116 Å². The van der Waals surface area contributed by atoms with Crippen LogP contribution in [0.4, 0.5) is 44.5 Å². The van der Waals surface area contributed by atoms with Gasteiger partial charge in [0.2, 0.25) is 17.8 Å². The molecule has 9 aromatic rings. The summed E-state index contributed by atoms with van der Waals surface area (Å²) in [4.78, 5) is 105. The van der Waals surface area contributed by atoms with Gasteiger partial charge in [0.25, 0.3) is 11.8 Å². The molecule has 540 valence electrons. The monoisotopic (exact) mass is 1400 g/mol. The minimum atomic E-state index is -1.07. The summed E-state index contributed by atoms with van der Waals surface area (Å²) in [5.74, 6) is 2.38. The Labute approximate surface area is 598 Å². The molecule has 3 aliphatic heterocycles. The number of hydrogen-bond donors (Lipinski definition) is 6. The topological polar surface area (TPSA) is 341 Å². The number of hydrogen-bond acceptors (Lipinski definition) is 24. The lowest BCUT2D eigenvalue weighted by Crippen LogP contribution is -2.51. The van der Waals surface area contributed by atoms with Gasteiger partial charge in [-0.25, -0.2) is 59.2 Å². The molecule has 12 rings (SSSR count). The van der Waals surface area contributed by atoms with Crippen molar-refractivity contribution in [1.29, 1.82) is 0 Å². The van der Waals surface area contributed by atoms with Gasteiger partial charge in [-0.2, -0.15) is 0 Å². The Kier molecular flexibility index (Phi) is 27.5. The lowest BCUT2D eigenvalue weighted by molar-refractivity contribution is 0.0139. The number of aromatic nitrogens is 9. The van der Waals surface area contributed by atoms with Gasteiger partial charge < -0.3 is 75.0 Å². The number of nitrogens with one attached hydrogen (secondary N) is 5. The molecule has 29 heteroatoms. The Morgan fingerprint density at radius 1 is 0.359 bits per heavy atom. The molecule has 3 aliphatic rings. The first-order chi connectivity index (χ1) is 49.1. The fraction of sp³-hybridized carbons (Fsp3) is 0.324. The number of aromatic carboxylic acids is 1. The number of carboxylic acid groups (broad SMARTS) is 1. The van der Waals surface area contributed by atoms with Crippen LogP contribution in [0.5, 0.6) is 17.2 Å². The fourth-order valence-corrected chi connectivity index (χ4v) is 9.93. The average Bonchev–Trinajstić information content (AvgIpc) is 0.848. The van der Waals surface area contributed by atoms with Crippen LogP contribution in [0.15, 0.2) is 165 Å². The molecule has 3 aromatic carbocycles. The molecule has 6 N–H and O–H groups in total. The predicted molar refractivity (Wildman–Crippen MR) is 391 cm³/mol. The first-order valence-corrected chi connectivity index (χ1v) is 32.9. The van der Waals surface area contributed by atoms with Crippen LogP contribution in [-0.4, -0.2) is 211 Å². The van der Waals surface area contributed by atoms with E-state index >= 15 is 0 Å². The first kappa shape index (κ1) is 76.8. The summed E-state index contributed by atoms with van der Waals surface area (Å²) in [5, 5.41) is 24.4. The first-order valence-electron chi connectivity index (χ1n) is 32.9. The molecule has 0 saturated carbocycles. The number of methoxy groups -OCH3 is 3. The van der Waals surface area contributed by atoms with E-state index in [1.807, 2.05) is 125 Å². The zero-order valence-corrected chi connectivity index (χ0v) is 58.4. The molecule has 0 atom stereocenters. The van der Waals surface area contributed by atoms with Gasteiger partial charge in [0.05, 0.1) is 57.0 Å². The maximum atomic E-state index is 12.9. The average molecular weight is 1410 g/mol. The lowest BCUT2D eigenvalue weighted by Gasteiger charge is -2.35. The van der Waals surface area contributed by atoms with E-state index in [9.17, 15) is 24.0 Å². The van der Waals surface area contributed by atoms with Crippen molar-refractivity contribution in [1.82, 2.24) is 75.1 Å². The van der Waals surface area contributed by atoms with Crippen LogP contribution < -0.4 is 40.8 Å². The summed E-state index contributed by atoms with van der Waals surface area (Å²) >= 11 is 0. The molecule has 4 amide bonds. The van der Waals surface area contributed by atoms with Crippen LogP contribution in [0.25, 0.3) is 33.4 Å². The molecule has 103 heavy (non-hydrogen) atoms. The van der Waals surface area contributed by atoms with Crippen molar-refractivity contribution in [3.05, 3.63) is 182 Å². The number of benzene rings is 3. The molecular formula is C74H88N18O11. The quantitative estimate of drug-likeness (QED) is 0.0555. The highest BCUT2D eigenvalue weighted by molar-refractivity contribution is 5.93. The number of carbonyl (C=O) groups excluding carboxylic acids is 4. The van der Waals surface area contributed by atoms with E-state index in [4.69, 9.17) is 28.8 Å². The van der Waals surface area contributed by atoms with Crippen LogP contribution in [0.2, 0.25) is 0 Å². The molecule has 29 nitrogen and oxygen atoms in total. The Morgan fingerprint density at radius 2 is 0.631 bits per heavy atom. The molecule has 3 fully saturated rings. The SMILES string of the molecule is C.CC(C)(C)OC(=O)N1CCNCC1.COc1ccc(-c2cnc(Nc3ccc(C(=O)N4CCN(C(=O)OC(C)(C)C)CC4)nc3)nc2)cc1.COc1ccc(-c2cnc(Nc3ccc(C(=O)N4CCNCC4)nc3)nc2)cc1.COc1ccc(-c2cnc(Nc3ccc(C(=O)O)nc3)nc2)cc1. The van der Waals surface area contributed by atoms with Crippen LogP contribution >= 0.6 is 0 Å². The highest BCUT2D eigenvalue weighted by Gasteiger charge is 2.29. The van der Waals surface area contributed by atoms with Crippen molar-refractivity contribution >= 4 is 64.9 Å². The standard InChI is InChI=1S/C26H30N6O4.C21H22N6O2.C17H14N4O3.C9H18N2O2.CH4/c1-26(2,3)36-25(34)32-13-11-31(12-14-32)23(33)22-10-7-20(17-27-22)30-24-28-15-19(16-29-24)18-5-8-21(35-4)9-6-18;1-29-18-5-2-15(3-6-18)16-12-24-21(25-13-16)26-17-4-7-19(23-14-17)20(28)27-10-8-22-9-11-27;1-24-14-5-2-11(3-6-14)12-8-19-17(20-9-12)21-13-4-7-15(16(22)23)18-10-13;1-9(2,3)13-8(12)11-6-4-10-5-7-11;/h5-10,15-17H,11-14H2,1-4H3,(H,28,29,30);2-7,12-14,22H,8-11H2,1H3,(H,24,25,26);2-10H,1H3,(H,22,23)(H,19,20,21);10H,4-7H2,1-3H3;1H4. The molecule has 0 aliphatic carbocycles. The number of amides is 4. The van der Waals surface area contributed by atoms with E-state index in [-0.39, 0.29) is 42.7 Å². The molecule has 0 radical (unpaired) electrons. The van der Waals surface area contributed by atoms with Crippen LogP contribution in [-0.2, 0) is 9.47 Å². The number of carboxylic acids is 1. The zero-order chi connectivity index (χ0) is 72.6. The van der Waals surface area contributed by atoms with Crippen LogP contribution in [0, 0.1) is 0 Å². The van der Waals surface area contributed by atoms with E-state index < -0.39 is 11.6 Å². The number of piperazine rings is 3. The summed E-state index contributed by atoms with van der Waals surface area (Å²) in [6.45, 7) is 19.1. The molecule has 6 aromatic heterocycles. The smallest absolute Gasteiger partial charge is 0.410 e. The Balaban J connectivity index is 0.000000182. The van der Waals surface area contributed by atoms with Crippen molar-refractivity contribution in [2.45, 2.75) is 60.2 Å². The maximum absolute atomic E-state index is 12.9. The largest absolute Gasteiger partial charge is 0.497 e. The van der Waals surface area contributed by atoms with E-state index in [0.29, 0.717) is 79.9 Å². The third kappa shape index (κ3) is 23.6. The number of ether oxygens (including phenoxy) is 5. The third-order valence-electron chi connectivity index (χ3n) is 15.3. The second-order valence-electron chi connectivity index (χ2n) is 25.1. The number of anilines is 6. The molecule has 0 unspecified atom stereocenters. The van der Waals surface area contributed by atoms with Crippen molar-refractivity contribution in [3.8, 4) is 50.6 Å². The Hall–Kier alpha value is -12.0. The normalized spacial score (nSPS) is 13.4. The maximum Gasteiger partial charge on any atom is 0.410 e. The Bertz CT molecular complexity index is 4150. The number of carbonyl (C=O) groups is 5. The second kappa shape index (κ2) is 36.9. The molecule has 9 heterocycles. The molecule has 0 bridgehead atoms. The lowest BCUT2D eigenvalue weighted by atomic mass is 10.1. The second-order valence-corrected chi connectivity index (χ2v) is 25.1. The van der Waals surface area contributed by atoms with Gasteiger partial charge in [-0.1, -0.05) is 43.8 Å². The van der Waals surface area contributed by atoms with Crippen LogP contribution in [0.1, 0.15) is 80.4 Å². The Morgan fingerprint density at radius 3 is 0.903 bits per heavy atom. The minimum Gasteiger partial charge on any atom is -0.497 e. The summed E-state index contributed by atoms with van der Waals surface area (Å²) in [6.07, 6.45) is 14.5. The van der Waals surface area contributed by atoms with E-state index in [2.05, 4.69) is 71.4 Å². The molecule has 0 spiro atoms. The highest BCUT2D eigenvalue weighted by atomic mass is 16.6. The summed E-state index contributed by atoms with van der Waals surface area (Å²) in [5.41, 5.74) is 7.46. The van der Waals surface area contributed by atoms with E-state index in [1.165, 1.54) is 12.3 Å². The van der Waals surface area contributed by atoms with Crippen molar-refractivity contribution in [3.63, 3.8) is 0 Å². The number of nitrogens with zero attached hydrogens (tertiary/aromatic N) is 13. The van der Waals surface area contributed by atoms with Gasteiger partial charge in [-0.05, 0) is 131 Å². The number of pyridine rings is 3. The predicted octanol–water partition coefficient (Wildman–Crippen LogP) is 10.8. The molecular weight excluding hydrogens is 1320 g/mol. The van der Waals surface area contributed by atoms with E-state index in [0.717, 1.165) is 95.6 Å². The van der Waals surface area contributed by atoms with Crippen LogP contribution in [0.3, 0.4) is 0 Å². The summed E-state index contributed by atoms with van der Waals surface area (Å²) in [6, 6.07) is 33.0.